The maximum atomic E-state index is 5.82. The van der Waals surface area contributed by atoms with Gasteiger partial charge in [-0.2, -0.15) is 0 Å². The molecule has 0 amide bonds. The van der Waals surface area contributed by atoms with Crippen LogP contribution in [0.4, 0.5) is 5.69 Å². The molecule has 4 heteroatoms. The predicted octanol–water partition coefficient (Wildman–Crippen LogP) is 3.39. The largest absolute Gasteiger partial charge is 0.496 e. The lowest BCUT2D eigenvalue weighted by Crippen LogP contribution is -1.88. The van der Waals surface area contributed by atoms with Gasteiger partial charge in [0.1, 0.15) is 11.4 Å². The van der Waals surface area contributed by atoms with Gasteiger partial charge in [-0.15, -0.1) is 0 Å². The van der Waals surface area contributed by atoms with Gasteiger partial charge in [-0.25, -0.2) is 0 Å². The van der Waals surface area contributed by atoms with E-state index in [9.17, 15) is 0 Å². The second-order valence-corrected chi connectivity index (χ2v) is 4.47. The highest BCUT2D eigenvalue weighted by atomic mass is 16.5. The number of methoxy groups -OCH3 is 1. The van der Waals surface area contributed by atoms with Crippen molar-refractivity contribution in [1.29, 1.82) is 0 Å². The van der Waals surface area contributed by atoms with Crippen molar-refractivity contribution in [2.45, 2.75) is 6.92 Å². The Labute approximate surface area is 110 Å². The normalized spacial score (nSPS) is 10.8. The highest BCUT2D eigenvalue weighted by molar-refractivity contribution is 5.93. The minimum Gasteiger partial charge on any atom is -0.496 e. The first-order valence-electron chi connectivity index (χ1n) is 5.99. The summed E-state index contributed by atoms with van der Waals surface area (Å²) >= 11 is 0. The summed E-state index contributed by atoms with van der Waals surface area (Å²) in [4.78, 5) is 0. The number of nitrogens with two attached hydrogens (primary N) is 1. The molecule has 1 aromatic heterocycles. The minimum absolute atomic E-state index is 0.696. The quantitative estimate of drug-likeness (QED) is 0.712. The first kappa shape index (κ1) is 11.6. The molecule has 4 nitrogen and oxygen atoms in total. The average Bonchev–Trinajstić information content (AvgIpc) is 2.81. The number of anilines is 1. The second kappa shape index (κ2) is 4.31. The fraction of sp³-hybridized carbons (Fsp3) is 0.133. The Morgan fingerprint density at radius 1 is 1.16 bits per heavy atom. The molecule has 0 saturated carbocycles. The number of hydrogen-bond donors (Lipinski definition) is 1. The summed E-state index contributed by atoms with van der Waals surface area (Å²) in [6.45, 7) is 2.00. The van der Waals surface area contributed by atoms with Crippen molar-refractivity contribution >= 4 is 16.7 Å². The van der Waals surface area contributed by atoms with E-state index in [0.717, 1.165) is 33.5 Å². The average molecular weight is 254 g/mol. The monoisotopic (exact) mass is 254 g/mol. The summed E-state index contributed by atoms with van der Waals surface area (Å²) in [7, 11) is 1.66. The third-order valence-electron chi connectivity index (χ3n) is 3.16. The summed E-state index contributed by atoms with van der Waals surface area (Å²) < 4.78 is 10.6. The Morgan fingerprint density at radius 3 is 2.74 bits per heavy atom. The van der Waals surface area contributed by atoms with E-state index >= 15 is 0 Å². The molecule has 3 aromatic rings. The zero-order valence-electron chi connectivity index (χ0n) is 10.8. The van der Waals surface area contributed by atoms with Crippen molar-refractivity contribution in [2.75, 3.05) is 12.8 Å². The molecule has 0 aliphatic carbocycles. The van der Waals surface area contributed by atoms with Gasteiger partial charge >= 0.3 is 0 Å². The summed E-state index contributed by atoms with van der Waals surface area (Å²) in [5, 5.41) is 5.05. The summed E-state index contributed by atoms with van der Waals surface area (Å²) in [6, 6.07) is 11.4. The van der Waals surface area contributed by atoms with Gasteiger partial charge in [-0.05, 0) is 48.9 Å². The third-order valence-corrected chi connectivity index (χ3v) is 3.16. The van der Waals surface area contributed by atoms with Crippen molar-refractivity contribution in [2.24, 2.45) is 0 Å². The first-order valence-corrected chi connectivity index (χ1v) is 5.99. The van der Waals surface area contributed by atoms with Crippen LogP contribution in [-0.4, -0.2) is 12.3 Å². The molecule has 0 radical (unpaired) electrons. The van der Waals surface area contributed by atoms with E-state index in [1.807, 2.05) is 37.3 Å². The van der Waals surface area contributed by atoms with Crippen LogP contribution in [0.2, 0.25) is 0 Å². The number of aromatic nitrogens is 1. The number of nitrogen functional groups attached to an aromatic ring is 1. The molecular weight excluding hydrogens is 240 g/mol. The zero-order valence-corrected chi connectivity index (χ0v) is 10.8. The molecule has 0 unspecified atom stereocenters. The van der Waals surface area contributed by atoms with Crippen LogP contribution in [0.25, 0.3) is 22.2 Å². The number of aryl methyl sites for hydroxylation is 1. The number of fused-ring (bicyclic) bond motifs is 1. The van der Waals surface area contributed by atoms with E-state index in [2.05, 4.69) is 5.16 Å². The Hall–Kier alpha value is -2.49. The van der Waals surface area contributed by atoms with Crippen molar-refractivity contribution in [3.05, 3.63) is 42.0 Å². The van der Waals surface area contributed by atoms with E-state index in [-0.39, 0.29) is 0 Å². The topological polar surface area (TPSA) is 61.3 Å². The van der Waals surface area contributed by atoms with Gasteiger partial charge in [0, 0.05) is 11.3 Å². The van der Waals surface area contributed by atoms with Crippen LogP contribution in [-0.2, 0) is 0 Å². The van der Waals surface area contributed by atoms with E-state index in [4.69, 9.17) is 15.0 Å². The third kappa shape index (κ3) is 1.91. The number of ether oxygens (including phenoxy) is 1. The lowest BCUT2D eigenvalue weighted by Gasteiger charge is -2.05. The van der Waals surface area contributed by atoms with Crippen LogP contribution in [0, 0.1) is 6.92 Å². The highest BCUT2D eigenvalue weighted by Crippen LogP contribution is 2.31. The molecule has 0 fully saturated rings. The van der Waals surface area contributed by atoms with Crippen LogP contribution >= 0.6 is 0 Å². The molecule has 2 aromatic carbocycles. The van der Waals surface area contributed by atoms with Crippen LogP contribution in [0.5, 0.6) is 5.75 Å². The Morgan fingerprint density at radius 2 is 2.00 bits per heavy atom. The van der Waals surface area contributed by atoms with Crippen molar-refractivity contribution < 1.29 is 9.26 Å². The SMILES string of the molecule is COc1ccc(-c2noc3ccc(N)cc23)cc1C. The molecule has 0 bridgehead atoms. The van der Waals surface area contributed by atoms with Crippen LogP contribution in [0.15, 0.2) is 40.9 Å². The second-order valence-electron chi connectivity index (χ2n) is 4.47. The number of benzene rings is 2. The number of rotatable bonds is 2. The fourth-order valence-corrected chi connectivity index (χ4v) is 2.19. The maximum absolute atomic E-state index is 5.82. The summed E-state index contributed by atoms with van der Waals surface area (Å²) in [6.07, 6.45) is 0. The van der Waals surface area contributed by atoms with E-state index in [1.165, 1.54) is 0 Å². The van der Waals surface area contributed by atoms with Crippen LogP contribution in [0.3, 0.4) is 0 Å². The molecule has 96 valence electrons. The highest BCUT2D eigenvalue weighted by Gasteiger charge is 2.11. The van der Waals surface area contributed by atoms with Gasteiger partial charge in [0.05, 0.1) is 12.5 Å². The molecule has 0 atom stereocenters. The van der Waals surface area contributed by atoms with Crippen molar-refractivity contribution in [3.63, 3.8) is 0 Å². The predicted molar refractivity (Wildman–Crippen MR) is 75.1 cm³/mol. The van der Waals surface area contributed by atoms with Gasteiger partial charge in [0.25, 0.3) is 0 Å². The lowest BCUT2D eigenvalue weighted by atomic mass is 10.0. The Balaban J connectivity index is 2.18. The van der Waals surface area contributed by atoms with Gasteiger partial charge in [0.15, 0.2) is 5.58 Å². The number of nitrogens with zero attached hydrogens (tertiary/aromatic N) is 1. The van der Waals surface area contributed by atoms with Crippen molar-refractivity contribution in [3.8, 4) is 17.0 Å². The van der Waals surface area contributed by atoms with Gasteiger partial charge in [-0.1, -0.05) is 5.16 Å². The smallest absolute Gasteiger partial charge is 0.167 e. The molecule has 0 aliphatic heterocycles. The molecule has 0 aliphatic rings. The molecule has 3 rings (SSSR count). The molecule has 2 N–H and O–H groups in total. The molecule has 19 heavy (non-hydrogen) atoms. The van der Waals surface area contributed by atoms with E-state index in [1.54, 1.807) is 13.2 Å². The fourth-order valence-electron chi connectivity index (χ4n) is 2.19. The van der Waals surface area contributed by atoms with Gasteiger partial charge in [-0.3, -0.25) is 0 Å². The Kier molecular flexibility index (Phi) is 2.63. The molecular formula is C15H14N2O2. The first-order chi connectivity index (χ1) is 9.19. The van der Waals surface area contributed by atoms with Crippen LogP contribution in [0.1, 0.15) is 5.56 Å². The minimum atomic E-state index is 0.696. The zero-order chi connectivity index (χ0) is 13.4. The summed E-state index contributed by atoms with van der Waals surface area (Å²) in [5.74, 6) is 0.857. The molecule has 1 heterocycles. The van der Waals surface area contributed by atoms with Crippen molar-refractivity contribution in [1.82, 2.24) is 5.16 Å². The number of hydrogen-bond acceptors (Lipinski definition) is 4. The van der Waals surface area contributed by atoms with Gasteiger partial charge in [0.2, 0.25) is 0 Å². The molecule has 0 saturated heterocycles. The standard InChI is InChI=1S/C15H14N2O2/c1-9-7-10(3-5-13(9)18-2)15-12-8-11(16)4-6-14(12)19-17-15/h3-8H,16H2,1-2H3. The van der Waals surface area contributed by atoms with Gasteiger partial charge < -0.3 is 15.0 Å². The maximum Gasteiger partial charge on any atom is 0.167 e. The van der Waals surface area contributed by atoms with E-state index in [0.29, 0.717) is 5.69 Å². The molecule has 0 spiro atoms. The summed E-state index contributed by atoms with van der Waals surface area (Å²) in [5.41, 5.74) is 10.1. The lowest BCUT2D eigenvalue weighted by molar-refractivity contribution is 0.411. The van der Waals surface area contributed by atoms with E-state index < -0.39 is 0 Å². The van der Waals surface area contributed by atoms with Crippen LogP contribution < -0.4 is 10.5 Å². The Bertz CT molecular complexity index is 747.